The Hall–Kier alpha value is -3.16. The number of anilines is 3. The molecule has 4 heterocycles. The van der Waals surface area contributed by atoms with E-state index in [0.29, 0.717) is 44.4 Å². The van der Waals surface area contributed by atoms with E-state index in [4.69, 9.17) is 10.5 Å². The number of ether oxygens (including phenoxy) is 1. The van der Waals surface area contributed by atoms with Crippen molar-refractivity contribution in [2.45, 2.75) is 12.7 Å². The van der Waals surface area contributed by atoms with Crippen molar-refractivity contribution in [2.75, 3.05) is 55.3 Å². The maximum Gasteiger partial charge on any atom is 0.277 e. The Bertz CT molecular complexity index is 1210. The standard InChI is InChI=1S/C22H24F3N7O2S/c23-13-6-27-4-5-31(9-13)22-16(7-28-32(22)8-12-10-34-11-12)29-20(33)18-19(26)35-21(30-18)17-14(24)2-1-3-15(17)25/h1-3,7,12-13,27H,4-6,8-11,26H2,(H,29,33). The van der Waals surface area contributed by atoms with E-state index in [1.807, 2.05) is 4.90 Å². The molecule has 0 bridgehead atoms. The van der Waals surface area contributed by atoms with Crippen LogP contribution < -0.4 is 21.3 Å². The minimum absolute atomic E-state index is 0.0171. The van der Waals surface area contributed by atoms with Crippen molar-refractivity contribution in [3.8, 4) is 10.6 Å². The van der Waals surface area contributed by atoms with Crippen LogP contribution in [0.1, 0.15) is 10.5 Å². The summed E-state index contributed by atoms with van der Waals surface area (Å²) in [5, 5.41) is 10.2. The number of thiazole rings is 1. The van der Waals surface area contributed by atoms with Crippen molar-refractivity contribution in [3.63, 3.8) is 0 Å². The highest BCUT2D eigenvalue weighted by Gasteiger charge is 2.29. The Morgan fingerprint density at radius 2 is 2.09 bits per heavy atom. The van der Waals surface area contributed by atoms with E-state index in [0.717, 1.165) is 23.5 Å². The third-order valence-electron chi connectivity index (χ3n) is 5.89. The molecule has 13 heteroatoms. The SMILES string of the molecule is Nc1sc(-c2c(F)cccc2F)nc1C(=O)Nc1cnn(CC2COC2)c1N1CCNCC(F)C1. The molecule has 1 amide bonds. The molecule has 5 rings (SSSR count). The van der Waals surface area contributed by atoms with Gasteiger partial charge in [0.25, 0.3) is 5.91 Å². The van der Waals surface area contributed by atoms with Gasteiger partial charge in [-0.2, -0.15) is 5.10 Å². The maximum atomic E-state index is 14.4. The summed E-state index contributed by atoms with van der Waals surface area (Å²) in [5.41, 5.74) is 5.87. The van der Waals surface area contributed by atoms with Crippen molar-refractivity contribution in [1.82, 2.24) is 20.1 Å². The van der Waals surface area contributed by atoms with Crippen LogP contribution in [0.25, 0.3) is 10.6 Å². The number of hydrogen-bond acceptors (Lipinski definition) is 8. The molecular weight excluding hydrogens is 483 g/mol. The normalized spacial score (nSPS) is 18.8. The van der Waals surface area contributed by atoms with E-state index >= 15 is 0 Å². The number of aromatic nitrogens is 3. The predicted octanol–water partition coefficient (Wildman–Crippen LogP) is 2.51. The molecule has 2 aliphatic rings. The van der Waals surface area contributed by atoms with Crippen LogP contribution in [0.4, 0.5) is 29.7 Å². The molecule has 2 aromatic heterocycles. The molecule has 1 atom stereocenters. The zero-order chi connectivity index (χ0) is 24.5. The second kappa shape index (κ2) is 9.84. The summed E-state index contributed by atoms with van der Waals surface area (Å²) >= 11 is 0.817. The Balaban J connectivity index is 1.44. The lowest BCUT2D eigenvalue weighted by molar-refractivity contribution is -0.0406. The Kier molecular flexibility index (Phi) is 6.62. The number of hydrogen-bond donors (Lipinski definition) is 3. The van der Waals surface area contributed by atoms with Crippen molar-refractivity contribution in [3.05, 3.63) is 41.7 Å². The summed E-state index contributed by atoms with van der Waals surface area (Å²) in [6.07, 6.45) is 0.405. The molecule has 1 unspecified atom stereocenters. The van der Waals surface area contributed by atoms with Crippen LogP contribution >= 0.6 is 11.3 Å². The Morgan fingerprint density at radius 1 is 1.31 bits per heavy atom. The number of rotatable bonds is 6. The molecule has 9 nitrogen and oxygen atoms in total. The summed E-state index contributed by atoms with van der Waals surface area (Å²) in [7, 11) is 0. The van der Waals surface area contributed by atoms with Gasteiger partial charge in [-0.05, 0) is 12.1 Å². The molecule has 2 fully saturated rings. The zero-order valence-corrected chi connectivity index (χ0v) is 19.5. The minimum atomic E-state index is -1.09. The molecule has 2 saturated heterocycles. The fourth-order valence-electron chi connectivity index (χ4n) is 4.11. The molecule has 186 valence electrons. The number of nitrogens with one attached hydrogen (secondary N) is 2. The molecule has 3 aromatic rings. The summed E-state index contributed by atoms with van der Waals surface area (Å²) in [6, 6.07) is 3.46. The van der Waals surface area contributed by atoms with Gasteiger partial charge in [0.2, 0.25) is 0 Å². The van der Waals surface area contributed by atoms with Gasteiger partial charge in [0, 0.05) is 25.6 Å². The number of nitrogens with zero attached hydrogens (tertiary/aromatic N) is 4. The van der Waals surface area contributed by atoms with Crippen molar-refractivity contribution in [1.29, 1.82) is 0 Å². The van der Waals surface area contributed by atoms with Crippen LogP contribution in [-0.4, -0.2) is 66.2 Å². The fraction of sp³-hybridized carbons (Fsp3) is 0.409. The summed E-state index contributed by atoms with van der Waals surface area (Å²) in [6.45, 7) is 3.25. The zero-order valence-electron chi connectivity index (χ0n) is 18.6. The lowest BCUT2D eigenvalue weighted by Crippen LogP contribution is -2.36. The molecule has 0 radical (unpaired) electrons. The van der Waals surface area contributed by atoms with Gasteiger partial charge in [-0.3, -0.25) is 4.79 Å². The van der Waals surface area contributed by atoms with Gasteiger partial charge in [-0.25, -0.2) is 22.8 Å². The van der Waals surface area contributed by atoms with Crippen LogP contribution in [0, 0.1) is 17.6 Å². The van der Waals surface area contributed by atoms with Crippen LogP contribution in [-0.2, 0) is 11.3 Å². The first-order valence-electron chi connectivity index (χ1n) is 11.2. The van der Waals surface area contributed by atoms with Gasteiger partial charge >= 0.3 is 0 Å². The van der Waals surface area contributed by atoms with E-state index in [-0.39, 0.29) is 40.3 Å². The monoisotopic (exact) mass is 507 g/mol. The van der Waals surface area contributed by atoms with Crippen LogP contribution in [0.5, 0.6) is 0 Å². The number of carbonyl (C=O) groups is 1. The predicted molar refractivity (Wildman–Crippen MR) is 126 cm³/mol. The third-order valence-corrected chi connectivity index (χ3v) is 6.79. The van der Waals surface area contributed by atoms with Crippen molar-refractivity contribution in [2.24, 2.45) is 5.92 Å². The van der Waals surface area contributed by atoms with Gasteiger partial charge in [-0.1, -0.05) is 17.4 Å². The summed E-state index contributed by atoms with van der Waals surface area (Å²) in [5.74, 6) is -1.41. The number of halogens is 3. The molecule has 4 N–H and O–H groups in total. The molecule has 0 aliphatic carbocycles. The van der Waals surface area contributed by atoms with E-state index in [2.05, 4.69) is 20.7 Å². The van der Waals surface area contributed by atoms with E-state index in [1.165, 1.54) is 12.3 Å². The number of alkyl halides is 1. The van der Waals surface area contributed by atoms with Gasteiger partial charge in [0.15, 0.2) is 11.5 Å². The van der Waals surface area contributed by atoms with Crippen molar-refractivity contribution >= 4 is 33.8 Å². The maximum absolute atomic E-state index is 14.4. The highest BCUT2D eigenvalue weighted by molar-refractivity contribution is 7.19. The lowest BCUT2D eigenvalue weighted by Gasteiger charge is -2.29. The van der Waals surface area contributed by atoms with Crippen molar-refractivity contribution < 1.29 is 22.7 Å². The van der Waals surface area contributed by atoms with E-state index < -0.39 is 23.7 Å². The fourth-order valence-corrected chi connectivity index (χ4v) is 4.99. The Morgan fingerprint density at radius 3 is 2.80 bits per heavy atom. The van der Waals surface area contributed by atoms with Crippen LogP contribution in [0.2, 0.25) is 0 Å². The third kappa shape index (κ3) is 4.83. The van der Waals surface area contributed by atoms with Gasteiger partial charge in [0.1, 0.15) is 33.5 Å². The first kappa shape index (κ1) is 23.6. The first-order chi connectivity index (χ1) is 16.9. The van der Waals surface area contributed by atoms with E-state index in [1.54, 1.807) is 4.68 Å². The number of nitrogens with two attached hydrogens (primary N) is 1. The average molecular weight is 508 g/mol. The molecule has 35 heavy (non-hydrogen) atoms. The number of carbonyl (C=O) groups excluding carboxylic acids is 1. The molecule has 2 aliphatic heterocycles. The summed E-state index contributed by atoms with van der Waals surface area (Å²) in [4.78, 5) is 19.1. The smallest absolute Gasteiger partial charge is 0.277 e. The number of nitrogen functional groups attached to an aromatic ring is 1. The van der Waals surface area contributed by atoms with Gasteiger partial charge < -0.3 is 26.0 Å². The Labute approximate surface area is 203 Å². The average Bonchev–Trinajstić information content (AvgIpc) is 3.28. The van der Waals surface area contributed by atoms with Crippen LogP contribution in [0.15, 0.2) is 24.4 Å². The highest BCUT2D eigenvalue weighted by Crippen LogP contribution is 2.35. The van der Waals surface area contributed by atoms with Crippen LogP contribution in [0.3, 0.4) is 0 Å². The second-order valence-corrected chi connectivity index (χ2v) is 9.53. The number of benzene rings is 1. The highest BCUT2D eigenvalue weighted by atomic mass is 32.1. The molecule has 0 saturated carbocycles. The quantitative estimate of drug-likeness (QED) is 0.470. The number of amides is 1. The molecular formula is C22H24F3N7O2S. The first-order valence-corrected chi connectivity index (χ1v) is 12.0. The minimum Gasteiger partial charge on any atom is -0.389 e. The second-order valence-electron chi connectivity index (χ2n) is 8.50. The van der Waals surface area contributed by atoms with Gasteiger partial charge in [-0.15, -0.1) is 0 Å². The molecule has 1 aromatic carbocycles. The summed E-state index contributed by atoms with van der Waals surface area (Å²) < 4.78 is 49.8. The largest absolute Gasteiger partial charge is 0.389 e. The molecule has 0 spiro atoms. The topological polar surface area (TPSA) is 110 Å². The lowest BCUT2D eigenvalue weighted by atomic mass is 10.1. The van der Waals surface area contributed by atoms with Gasteiger partial charge in [0.05, 0.1) is 38.1 Å². The van der Waals surface area contributed by atoms with E-state index in [9.17, 15) is 18.0 Å².